The third-order valence-electron chi connectivity index (χ3n) is 3.83. The van der Waals surface area contributed by atoms with E-state index in [9.17, 15) is 17.2 Å². The van der Waals surface area contributed by atoms with Crippen LogP contribution in [0.2, 0.25) is 0 Å². The van der Waals surface area contributed by atoms with Crippen molar-refractivity contribution in [3.8, 4) is 0 Å². The lowest BCUT2D eigenvalue weighted by molar-refractivity contribution is 0.127. The highest BCUT2D eigenvalue weighted by Gasteiger charge is 2.43. The molecule has 1 aromatic heterocycles. The highest BCUT2D eigenvalue weighted by Crippen LogP contribution is 2.35. The first kappa shape index (κ1) is 16.4. The minimum absolute atomic E-state index is 0.0233. The van der Waals surface area contributed by atoms with Crippen molar-refractivity contribution in [3.63, 3.8) is 0 Å². The normalized spacial score (nSPS) is 24.8. The summed E-state index contributed by atoms with van der Waals surface area (Å²) in [6.07, 6.45) is -0.0291. The summed E-state index contributed by atoms with van der Waals surface area (Å²) >= 11 is 0. The molecule has 1 aromatic rings. The van der Waals surface area contributed by atoms with E-state index in [0.29, 0.717) is 18.5 Å². The highest BCUT2D eigenvalue weighted by molar-refractivity contribution is 7.91. The number of hydrogen-bond donors (Lipinski definition) is 1. The predicted octanol–water partition coefficient (Wildman–Crippen LogP) is 1.85. The van der Waals surface area contributed by atoms with Gasteiger partial charge in [0.25, 0.3) is 6.43 Å². The van der Waals surface area contributed by atoms with Crippen molar-refractivity contribution in [2.24, 2.45) is 0 Å². The van der Waals surface area contributed by atoms with E-state index in [1.165, 1.54) is 10.9 Å². The summed E-state index contributed by atoms with van der Waals surface area (Å²) in [5, 5.41) is 7.14. The van der Waals surface area contributed by atoms with Crippen molar-refractivity contribution >= 4 is 9.84 Å². The number of hydrogen-bond acceptors (Lipinski definition) is 4. The highest BCUT2D eigenvalue weighted by atomic mass is 32.2. The number of alkyl halides is 2. The molecule has 0 amide bonds. The van der Waals surface area contributed by atoms with E-state index in [1.54, 1.807) is 6.92 Å². The number of nitrogens with zero attached hydrogens (tertiary/aromatic N) is 2. The van der Waals surface area contributed by atoms with Crippen LogP contribution in [0.25, 0.3) is 0 Å². The molecule has 2 heterocycles. The summed E-state index contributed by atoms with van der Waals surface area (Å²) in [7, 11) is -3.18. The molecule has 1 saturated heterocycles. The molecule has 1 aliphatic rings. The van der Waals surface area contributed by atoms with Crippen LogP contribution in [0.4, 0.5) is 8.78 Å². The Hall–Kier alpha value is -1.02. The Morgan fingerprint density at radius 1 is 1.52 bits per heavy atom. The fourth-order valence-electron chi connectivity index (χ4n) is 2.75. The number of aromatic nitrogens is 2. The summed E-state index contributed by atoms with van der Waals surface area (Å²) in [5.74, 6) is -0.112. The molecule has 1 unspecified atom stereocenters. The molecule has 0 aromatic carbocycles. The molecule has 1 atom stereocenters. The Morgan fingerprint density at radius 2 is 2.24 bits per heavy atom. The second-order valence-electron chi connectivity index (χ2n) is 5.78. The molecule has 1 aliphatic heterocycles. The standard InChI is InChI=1S/C13H21F2N3O2S/c1-3-5-16-7-10-8-17-18(11(10)12(14)15)13(2)4-6-21(19,20)9-13/h8,12,16H,3-7,9H2,1-2H3. The van der Waals surface area contributed by atoms with Gasteiger partial charge in [-0.25, -0.2) is 17.2 Å². The van der Waals surface area contributed by atoms with Gasteiger partial charge in [-0.1, -0.05) is 6.92 Å². The summed E-state index contributed by atoms with van der Waals surface area (Å²) in [6, 6.07) is 0. The molecule has 0 aliphatic carbocycles. The van der Waals surface area contributed by atoms with Crippen molar-refractivity contribution in [2.45, 2.75) is 45.2 Å². The first-order valence-electron chi connectivity index (χ1n) is 7.05. The SMILES string of the molecule is CCCNCc1cnn(C2(C)CCS(=O)(=O)C2)c1C(F)F. The zero-order valence-electron chi connectivity index (χ0n) is 12.3. The molecule has 5 nitrogen and oxygen atoms in total. The van der Waals surface area contributed by atoms with E-state index in [1.807, 2.05) is 6.92 Å². The first-order valence-corrected chi connectivity index (χ1v) is 8.88. The summed E-state index contributed by atoms with van der Waals surface area (Å²) < 4.78 is 51.4. The van der Waals surface area contributed by atoms with Crippen LogP contribution in [-0.4, -0.2) is 36.2 Å². The molecular weight excluding hydrogens is 300 g/mol. The van der Waals surface area contributed by atoms with Gasteiger partial charge in [0.2, 0.25) is 0 Å². The van der Waals surface area contributed by atoms with Crippen LogP contribution >= 0.6 is 0 Å². The number of halogens is 2. The molecule has 8 heteroatoms. The maximum atomic E-state index is 13.4. The Kier molecular flexibility index (Phi) is 4.67. The molecule has 120 valence electrons. The molecule has 1 N–H and O–H groups in total. The Balaban J connectivity index is 2.32. The van der Waals surface area contributed by atoms with Crippen molar-refractivity contribution in [1.29, 1.82) is 0 Å². The van der Waals surface area contributed by atoms with Gasteiger partial charge < -0.3 is 5.32 Å². The average Bonchev–Trinajstić information content (AvgIpc) is 2.92. The van der Waals surface area contributed by atoms with Crippen LogP contribution in [-0.2, 0) is 21.9 Å². The molecule has 21 heavy (non-hydrogen) atoms. The van der Waals surface area contributed by atoms with Gasteiger partial charge in [-0.2, -0.15) is 5.10 Å². The van der Waals surface area contributed by atoms with Gasteiger partial charge in [0.1, 0.15) is 5.69 Å². The number of rotatable bonds is 6. The largest absolute Gasteiger partial charge is 0.313 e. The van der Waals surface area contributed by atoms with E-state index < -0.39 is 21.8 Å². The second-order valence-corrected chi connectivity index (χ2v) is 7.97. The van der Waals surface area contributed by atoms with E-state index in [4.69, 9.17) is 0 Å². The van der Waals surface area contributed by atoms with E-state index in [0.717, 1.165) is 13.0 Å². The van der Waals surface area contributed by atoms with Crippen molar-refractivity contribution in [1.82, 2.24) is 15.1 Å². The molecule has 2 rings (SSSR count). The second kappa shape index (κ2) is 6.00. The predicted molar refractivity (Wildman–Crippen MR) is 76.1 cm³/mol. The van der Waals surface area contributed by atoms with Crippen LogP contribution in [0.5, 0.6) is 0 Å². The van der Waals surface area contributed by atoms with Gasteiger partial charge in [-0.15, -0.1) is 0 Å². The van der Waals surface area contributed by atoms with E-state index in [-0.39, 0.29) is 17.2 Å². The summed E-state index contributed by atoms with van der Waals surface area (Å²) in [4.78, 5) is 0. The first-order chi connectivity index (χ1) is 9.79. The lowest BCUT2D eigenvalue weighted by Gasteiger charge is -2.25. The Labute approximate surface area is 123 Å². The van der Waals surface area contributed by atoms with E-state index in [2.05, 4.69) is 10.4 Å². The van der Waals surface area contributed by atoms with Gasteiger partial charge in [0.15, 0.2) is 9.84 Å². The fourth-order valence-corrected chi connectivity index (χ4v) is 4.86. The zero-order valence-corrected chi connectivity index (χ0v) is 13.1. The lowest BCUT2D eigenvalue weighted by Crippen LogP contribution is -2.34. The van der Waals surface area contributed by atoms with Crippen LogP contribution in [0.15, 0.2) is 6.20 Å². The maximum absolute atomic E-state index is 13.4. The van der Waals surface area contributed by atoms with Crippen LogP contribution in [0.3, 0.4) is 0 Å². The Morgan fingerprint density at radius 3 is 2.76 bits per heavy atom. The van der Waals surface area contributed by atoms with Crippen LogP contribution in [0, 0.1) is 0 Å². The molecule has 0 bridgehead atoms. The maximum Gasteiger partial charge on any atom is 0.280 e. The topological polar surface area (TPSA) is 64.0 Å². The number of sulfone groups is 1. The lowest BCUT2D eigenvalue weighted by atomic mass is 10.0. The van der Waals surface area contributed by atoms with Gasteiger partial charge in [0, 0.05) is 12.1 Å². The molecule has 0 saturated carbocycles. The molecule has 0 radical (unpaired) electrons. The monoisotopic (exact) mass is 321 g/mol. The fraction of sp³-hybridized carbons (Fsp3) is 0.769. The minimum Gasteiger partial charge on any atom is -0.313 e. The summed E-state index contributed by atoms with van der Waals surface area (Å²) in [6.45, 7) is 4.73. The minimum atomic E-state index is -3.18. The quantitative estimate of drug-likeness (QED) is 0.812. The van der Waals surface area contributed by atoms with Crippen molar-refractivity contribution in [3.05, 3.63) is 17.5 Å². The third kappa shape index (κ3) is 3.42. The number of nitrogens with one attached hydrogen (secondary N) is 1. The molecule has 1 fully saturated rings. The van der Waals surface area contributed by atoms with Gasteiger partial charge in [0.05, 0.1) is 23.2 Å². The smallest absolute Gasteiger partial charge is 0.280 e. The van der Waals surface area contributed by atoms with Crippen LogP contribution < -0.4 is 5.32 Å². The van der Waals surface area contributed by atoms with Crippen LogP contribution in [0.1, 0.15) is 44.4 Å². The third-order valence-corrected chi connectivity index (χ3v) is 5.72. The molecule has 0 spiro atoms. The van der Waals surface area contributed by atoms with Gasteiger partial charge >= 0.3 is 0 Å². The molecular formula is C13H21F2N3O2S. The Bertz CT molecular complexity index is 601. The van der Waals surface area contributed by atoms with E-state index >= 15 is 0 Å². The van der Waals surface area contributed by atoms with Gasteiger partial charge in [-0.3, -0.25) is 4.68 Å². The zero-order chi connectivity index (χ0) is 15.7. The summed E-state index contributed by atoms with van der Waals surface area (Å²) in [5.41, 5.74) is -0.615. The average molecular weight is 321 g/mol. The van der Waals surface area contributed by atoms with Crippen molar-refractivity contribution < 1.29 is 17.2 Å². The van der Waals surface area contributed by atoms with Crippen molar-refractivity contribution in [2.75, 3.05) is 18.1 Å². The van der Waals surface area contributed by atoms with Gasteiger partial charge in [-0.05, 0) is 26.3 Å².